The Kier molecular flexibility index (Phi) is 6.72. The molecular formula is C18H18FIN2O2. The lowest BCUT2D eigenvalue weighted by Gasteiger charge is -2.09. The molecule has 0 radical (unpaired) electrons. The first-order chi connectivity index (χ1) is 11.5. The Morgan fingerprint density at radius 3 is 2.42 bits per heavy atom. The molecule has 126 valence electrons. The summed E-state index contributed by atoms with van der Waals surface area (Å²) in [5.74, 6) is -0.649. The lowest BCUT2D eigenvalue weighted by molar-refractivity contribution is -0.120. The Bertz CT molecular complexity index is 732. The zero-order chi connectivity index (χ0) is 17.5. The molecule has 2 N–H and O–H groups in total. The van der Waals surface area contributed by atoms with Crippen molar-refractivity contribution in [1.82, 2.24) is 10.6 Å². The number of nitrogens with one attached hydrogen (secondary N) is 2. The SMILES string of the molecule is Cc1cccc(C(=O)NCCNC(=O)Cc2ccc(F)cc2)c1I. The van der Waals surface area contributed by atoms with Crippen LogP contribution >= 0.6 is 22.6 Å². The smallest absolute Gasteiger partial charge is 0.252 e. The summed E-state index contributed by atoms with van der Waals surface area (Å²) in [4.78, 5) is 23.9. The highest BCUT2D eigenvalue weighted by Crippen LogP contribution is 2.16. The second-order valence-electron chi connectivity index (χ2n) is 5.35. The van der Waals surface area contributed by atoms with Crippen LogP contribution in [0.1, 0.15) is 21.5 Å². The topological polar surface area (TPSA) is 58.2 Å². The molecule has 0 fully saturated rings. The third-order valence-electron chi connectivity index (χ3n) is 3.45. The number of amides is 2. The summed E-state index contributed by atoms with van der Waals surface area (Å²) >= 11 is 2.15. The minimum Gasteiger partial charge on any atom is -0.354 e. The van der Waals surface area contributed by atoms with Gasteiger partial charge in [-0.3, -0.25) is 9.59 Å². The van der Waals surface area contributed by atoms with E-state index in [2.05, 4.69) is 33.2 Å². The largest absolute Gasteiger partial charge is 0.354 e. The average molecular weight is 440 g/mol. The molecule has 0 saturated heterocycles. The van der Waals surface area contributed by atoms with Crippen LogP contribution < -0.4 is 10.6 Å². The van der Waals surface area contributed by atoms with Gasteiger partial charge in [-0.05, 0) is 58.8 Å². The van der Waals surface area contributed by atoms with Crippen LogP contribution in [-0.4, -0.2) is 24.9 Å². The molecule has 6 heteroatoms. The Hall–Kier alpha value is -1.96. The monoisotopic (exact) mass is 440 g/mol. The van der Waals surface area contributed by atoms with Gasteiger partial charge in [-0.2, -0.15) is 0 Å². The highest BCUT2D eigenvalue weighted by molar-refractivity contribution is 14.1. The molecule has 0 saturated carbocycles. The van der Waals surface area contributed by atoms with Gasteiger partial charge in [-0.1, -0.05) is 24.3 Å². The van der Waals surface area contributed by atoms with Gasteiger partial charge in [-0.25, -0.2) is 4.39 Å². The maximum atomic E-state index is 12.8. The van der Waals surface area contributed by atoms with Gasteiger partial charge in [-0.15, -0.1) is 0 Å². The van der Waals surface area contributed by atoms with E-state index in [-0.39, 0.29) is 24.1 Å². The molecule has 0 unspecified atom stereocenters. The molecule has 0 aliphatic rings. The Balaban J connectivity index is 1.74. The van der Waals surface area contributed by atoms with Gasteiger partial charge in [0.2, 0.25) is 5.91 Å². The predicted octanol–water partition coefficient (Wildman–Crippen LogP) is 2.83. The normalized spacial score (nSPS) is 10.3. The van der Waals surface area contributed by atoms with Crippen LogP contribution in [0.5, 0.6) is 0 Å². The molecule has 2 aromatic rings. The zero-order valence-electron chi connectivity index (χ0n) is 13.2. The van der Waals surface area contributed by atoms with Gasteiger partial charge in [0, 0.05) is 16.7 Å². The predicted molar refractivity (Wildman–Crippen MR) is 99.3 cm³/mol. The Morgan fingerprint density at radius 2 is 1.71 bits per heavy atom. The molecule has 2 amide bonds. The Labute approximate surface area is 154 Å². The van der Waals surface area contributed by atoms with Gasteiger partial charge in [0.05, 0.1) is 12.0 Å². The van der Waals surface area contributed by atoms with Gasteiger partial charge in [0.15, 0.2) is 0 Å². The number of benzene rings is 2. The summed E-state index contributed by atoms with van der Waals surface area (Å²) in [5.41, 5.74) is 2.43. The number of hydrogen-bond acceptors (Lipinski definition) is 2. The van der Waals surface area contributed by atoms with Crippen LogP contribution in [0.15, 0.2) is 42.5 Å². The Morgan fingerprint density at radius 1 is 1.04 bits per heavy atom. The fourth-order valence-electron chi connectivity index (χ4n) is 2.15. The van der Waals surface area contributed by atoms with E-state index in [4.69, 9.17) is 0 Å². The first kappa shape index (κ1) is 18.4. The van der Waals surface area contributed by atoms with Crippen molar-refractivity contribution in [2.24, 2.45) is 0 Å². The van der Waals surface area contributed by atoms with E-state index >= 15 is 0 Å². The number of aryl methyl sites for hydroxylation is 1. The molecule has 0 atom stereocenters. The molecule has 2 rings (SSSR count). The maximum Gasteiger partial charge on any atom is 0.252 e. The molecule has 24 heavy (non-hydrogen) atoms. The molecule has 0 bridgehead atoms. The molecule has 0 spiro atoms. The van der Waals surface area contributed by atoms with Crippen LogP contribution in [0.4, 0.5) is 4.39 Å². The van der Waals surface area contributed by atoms with Crippen molar-refractivity contribution >= 4 is 34.4 Å². The van der Waals surface area contributed by atoms with E-state index in [9.17, 15) is 14.0 Å². The molecular weight excluding hydrogens is 422 g/mol. The summed E-state index contributed by atoms with van der Waals surface area (Å²) in [6.07, 6.45) is 0.185. The summed E-state index contributed by atoms with van der Waals surface area (Å²) < 4.78 is 13.7. The second-order valence-corrected chi connectivity index (χ2v) is 6.42. The fourth-order valence-corrected chi connectivity index (χ4v) is 2.75. The number of carbonyl (C=O) groups is 2. The van der Waals surface area contributed by atoms with E-state index in [1.807, 2.05) is 19.1 Å². The van der Waals surface area contributed by atoms with Gasteiger partial charge >= 0.3 is 0 Å². The third-order valence-corrected chi connectivity index (χ3v) is 4.88. The van der Waals surface area contributed by atoms with Crippen molar-refractivity contribution in [2.75, 3.05) is 13.1 Å². The van der Waals surface area contributed by atoms with Gasteiger partial charge in [0.25, 0.3) is 5.91 Å². The van der Waals surface area contributed by atoms with Crippen LogP contribution in [0, 0.1) is 16.3 Å². The van der Waals surface area contributed by atoms with Crippen molar-refractivity contribution in [2.45, 2.75) is 13.3 Å². The molecule has 0 aliphatic carbocycles. The fraction of sp³-hybridized carbons (Fsp3) is 0.222. The van der Waals surface area contributed by atoms with Crippen molar-refractivity contribution in [3.63, 3.8) is 0 Å². The standard InChI is InChI=1S/C18H18FIN2O2/c1-12-3-2-4-15(17(12)20)18(24)22-10-9-21-16(23)11-13-5-7-14(19)8-6-13/h2-8H,9-11H2,1H3,(H,21,23)(H,22,24). The maximum absolute atomic E-state index is 12.8. The van der Waals surface area contributed by atoms with E-state index in [0.717, 1.165) is 14.7 Å². The van der Waals surface area contributed by atoms with Crippen molar-refractivity contribution in [3.8, 4) is 0 Å². The highest BCUT2D eigenvalue weighted by atomic mass is 127. The van der Waals surface area contributed by atoms with Gasteiger partial charge in [0.1, 0.15) is 5.82 Å². The van der Waals surface area contributed by atoms with Crippen LogP contribution in [0.2, 0.25) is 0 Å². The molecule has 0 aromatic heterocycles. The van der Waals surface area contributed by atoms with E-state index in [1.54, 1.807) is 18.2 Å². The van der Waals surface area contributed by atoms with Crippen LogP contribution in [0.25, 0.3) is 0 Å². The molecule has 0 heterocycles. The van der Waals surface area contributed by atoms with E-state index < -0.39 is 0 Å². The zero-order valence-corrected chi connectivity index (χ0v) is 15.4. The summed E-state index contributed by atoms with van der Waals surface area (Å²) in [6, 6.07) is 11.4. The lowest BCUT2D eigenvalue weighted by Crippen LogP contribution is -2.35. The summed E-state index contributed by atoms with van der Waals surface area (Å²) in [7, 11) is 0. The van der Waals surface area contributed by atoms with E-state index in [0.29, 0.717) is 18.7 Å². The first-order valence-corrected chi connectivity index (χ1v) is 8.59. The minimum atomic E-state index is -0.326. The third kappa shape index (κ3) is 5.30. The minimum absolute atomic E-state index is 0.157. The first-order valence-electron chi connectivity index (χ1n) is 7.52. The van der Waals surface area contributed by atoms with Crippen molar-refractivity contribution in [3.05, 3.63) is 68.5 Å². The number of hydrogen-bond donors (Lipinski definition) is 2. The quantitative estimate of drug-likeness (QED) is 0.537. The summed E-state index contributed by atoms with van der Waals surface area (Å²) in [6.45, 7) is 2.64. The molecule has 0 aliphatic heterocycles. The highest BCUT2D eigenvalue weighted by Gasteiger charge is 2.10. The number of rotatable bonds is 6. The number of carbonyl (C=O) groups excluding carboxylic acids is 2. The summed E-state index contributed by atoms with van der Waals surface area (Å²) in [5, 5.41) is 5.51. The average Bonchev–Trinajstić information content (AvgIpc) is 2.56. The number of halogens is 2. The van der Waals surface area contributed by atoms with Crippen LogP contribution in [-0.2, 0) is 11.2 Å². The van der Waals surface area contributed by atoms with E-state index in [1.165, 1.54) is 12.1 Å². The molecule has 2 aromatic carbocycles. The second kappa shape index (κ2) is 8.77. The lowest BCUT2D eigenvalue weighted by atomic mass is 10.1. The van der Waals surface area contributed by atoms with Crippen LogP contribution in [0.3, 0.4) is 0 Å². The van der Waals surface area contributed by atoms with Gasteiger partial charge < -0.3 is 10.6 Å². The van der Waals surface area contributed by atoms with Crippen molar-refractivity contribution < 1.29 is 14.0 Å². The van der Waals surface area contributed by atoms with Crippen molar-refractivity contribution in [1.29, 1.82) is 0 Å². The molecule has 4 nitrogen and oxygen atoms in total.